The van der Waals surface area contributed by atoms with Gasteiger partial charge in [0, 0.05) is 13.5 Å². The molecule has 1 aliphatic rings. The van der Waals surface area contributed by atoms with Gasteiger partial charge in [0.25, 0.3) is 0 Å². The standard InChI is InChI=1S/C13H18O3/c1-15-9-10-3-4-12(16-2)7-11(10)8-13(14)5-6-13/h3-4,7,14H,5-6,8-9H2,1-2H3. The summed E-state index contributed by atoms with van der Waals surface area (Å²) >= 11 is 0. The minimum absolute atomic E-state index is 0.477. The molecule has 0 bridgehead atoms. The Balaban J connectivity index is 2.22. The van der Waals surface area contributed by atoms with Gasteiger partial charge in [0.15, 0.2) is 0 Å². The van der Waals surface area contributed by atoms with Crippen molar-refractivity contribution in [2.24, 2.45) is 0 Å². The Morgan fingerprint density at radius 1 is 1.25 bits per heavy atom. The summed E-state index contributed by atoms with van der Waals surface area (Å²) in [5.41, 5.74) is 1.78. The maximum absolute atomic E-state index is 9.96. The molecule has 0 amide bonds. The van der Waals surface area contributed by atoms with Crippen LogP contribution in [0.3, 0.4) is 0 Å². The van der Waals surface area contributed by atoms with Crippen LogP contribution in [-0.2, 0) is 17.8 Å². The average Bonchev–Trinajstić information content (AvgIpc) is 2.99. The predicted octanol–water partition coefficient (Wildman–Crippen LogP) is 1.91. The smallest absolute Gasteiger partial charge is 0.119 e. The van der Waals surface area contributed by atoms with Crippen molar-refractivity contribution in [3.63, 3.8) is 0 Å². The molecule has 1 aliphatic carbocycles. The van der Waals surface area contributed by atoms with Crippen LogP contribution >= 0.6 is 0 Å². The lowest BCUT2D eigenvalue weighted by molar-refractivity contribution is 0.148. The number of methoxy groups -OCH3 is 2. The fourth-order valence-electron chi connectivity index (χ4n) is 1.87. The third-order valence-electron chi connectivity index (χ3n) is 3.06. The summed E-state index contributed by atoms with van der Waals surface area (Å²) in [6.07, 6.45) is 2.50. The zero-order valence-corrected chi connectivity index (χ0v) is 9.82. The highest BCUT2D eigenvalue weighted by atomic mass is 16.5. The highest BCUT2D eigenvalue weighted by Crippen LogP contribution is 2.39. The van der Waals surface area contributed by atoms with E-state index in [4.69, 9.17) is 9.47 Å². The van der Waals surface area contributed by atoms with Crippen LogP contribution < -0.4 is 4.74 Å². The number of hydrogen-bond acceptors (Lipinski definition) is 3. The minimum atomic E-state index is -0.477. The summed E-state index contributed by atoms with van der Waals surface area (Å²) in [5, 5.41) is 9.96. The van der Waals surface area contributed by atoms with Gasteiger partial charge in [-0.2, -0.15) is 0 Å². The van der Waals surface area contributed by atoms with E-state index in [0.29, 0.717) is 13.0 Å². The maximum atomic E-state index is 9.96. The van der Waals surface area contributed by atoms with Crippen LogP contribution in [0, 0.1) is 0 Å². The summed E-state index contributed by atoms with van der Waals surface area (Å²) < 4.78 is 10.4. The number of aliphatic hydroxyl groups is 1. The van der Waals surface area contributed by atoms with Gasteiger partial charge in [-0.1, -0.05) is 6.07 Å². The Kier molecular flexibility index (Phi) is 3.17. The number of rotatable bonds is 5. The molecule has 3 nitrogen and oxygen atoms in total. The highest BCUT2D eigenvalue weighted by Gasteiger charge is 2.40. The topological polar surface area (TPSA) is 38.7 Å². The molecule has 1 saturated carbocycles. The zero-order chi connectivity index (χ0) is 11.6. The van der Waals surface area contributed by atoms with Gasteiger partial charge in [-0.15, -0.1) is 0 Å². The fraction of sp³-hybridized carbons (Fsp3) is 0.538. The molecule has 0 unspecified atom stereocenters. The molecule has 1 aromatic carbocycles. The van der Waals surface area contributed by atoms with Crippen molar-refractivity contribution in [1.29, 1.82) is 0 Å². The lowest BCUT2D eigenvalue weighted by Gasteiger charge is -2.13. The van der Waals surface area contributed by atoms with E-state index in [2.05, 4.69) is 0 Å². The molecule has 0 saturated heterocycles. The van der Waals surface area contributed by atoms with E-state index in [1.165, 1.54) is 0 Å². The first kappa shape index (κ1) is 11.4. The van der Waals surface area contributed by atoms with Gasteiger partial charge < -0.3 is 14.6 Å². The quantitative estimate of drug-likeness (QED) is 0.827. The van der Waals surface area contributed by atoms with E-state index in [0.717, 1.165) is 29.7 Å². The van der Waals surface area contributed by atoms with Gasteiger partial charge in [-0.3, -0.25) is 0 Å². The highest BCUT2D eigenvalue weighted by molar-refractivity contribution is 5.37. The average molecular weight is 222 g/mol. The second kappa shape index (κ2) is 4.44. The Morgan fingerprint density at radius 2 is 2.00 bits per heavy atom. The van der Waals surface area contributed by atoms with Crippen molar-refractivity contribution in [3.8, 4) is 5.75 Å². The van der Waals surface area contributed by atoms with E-state index < -0.39 is 5.60 Å². The van der Waals surface area contributed by atoms with Gasteiger partial charge in [0.1, 0.15) is 5.75 Å². The van der Waals surface area contributed by atoms with Gasteiger partial charge in [0.2, 0.25) is 0 Å². The second-order valence-corrected chi connectivity index (χ2v) is 4.47. The SMILES string of the molecule is COCc1ccc(OC)cc1CC1(O)CC1. The largest absolute Gasteiger partial charge is 0.497 e. The molecule has 3 heteroatoms. The van der Waals surface area contributed by atoms with Crippen molar-refractivity contribution in [1.82, 2.24) is 0 Å². The Labute approximate surface area is 96.0 Å². The van der Waals surface area contributed by atoms with E-state index in [-0.39, 0.29) is 0 Å². The van der Waals surface area contributed by atoms with Gasteiger partial charge in [-0.05, 0) is 36.1 Å². The molecule has 1 aromatic rings. The van der Waals surface area contributed by atoms with Gasteiger partial charge in [0.05, 0.1) is 19.3 Å². The Bertz CT molecular complexity index is 369. The molecular formula is C13H18O3. The minimum Gasteiger partial charge on any atom is -0.497 e. The summed E-state index contributed by atoms with van der Waals surface area (Å²) in [6, 6.07) is 5.92. The fourth-order valence-corrected chi connectivity index (χ4v) is 1.87. The molecule has 0 aliphatic heterocycles. The van der Waals surface area contributed by atoms with Crippen LogP contribution in [-0.4, -0.2) is 24.9 Å². The van der Waals surface area contributed by atoms with E-state index in [1.54, 1.807) is 14.2 Å². The molecule has 0 atom stereocenters. The van der Waals surface area contributed by atoms with Crippen LogP contribution in [0.2, 0.25) is 0 Å². The molecule has 16 heavy (non-hydrogen) atoms. The monoisotopic (exact) mass is 222 g/mol. The first-order valence-electron chi connectivity index (χ1n) is 5.54. The molecule has 88 valence electrons. The molecule has 0 spiro atoms. The maximum Gasteiger partial charge on any atom is 0.119 e. The number of hydrogen-bond donors (Lipinski definition) is 1. The summed E-state index contributed by atoms with van der Waals surface area (Å²) in [5.74, 6) is 0.833. The first-order chi connectivity index (χ1) is 7.67. The van der Waals surface area contributed by atoms with E-state index >= 15 is 0 Å². The summed E-state index contributed by atoms with van der Waals surface area (Å²) in [4.78, 5) is 0. The van der Waals surface area contributed by atoms with Gasteiger partial charge >= 0.3 is 0 Å². The van der Waals surface area contributed by atoms with Crippen molar-refractivity contribution >= 4 is 0 Å². The molecule has 1 N–H and O–H groups in total. The molecule has 0 heterocycles. The van der Waals surface area contributed by atoms with Crippen molar-refractivity contribution < 1.29 is 14.6 Å². The molecule has 1 fully saturated rings. The van der Waals surface area contributed by atoms with Crippen molar-refractivity contribution in [2.75, 3.05) is 14.2 Å². The van der Waals surface area contributed by atoms with E-state index in [9.17, 15) is 5.11 Å². The van der Waals surface area contributed by atoms with Crippen LogP contribution in [0.1, 0.15) is 24.0 Å². The normalized spacial score (nSPS) is 17.2. The second-order valence-electron chi connectivity index (χ2n) is 4.47. The number of benzene rings is 1. The third kappa shape index (κ3) is 2.54. The van der Waals surface area contributed by atoms with Crippen LogP contribution in [0.15, 0.2) is 18.2 Å². The van der Waals surface area contributed by atoms with Crippen LogP contribution in [0.4, 0.5) is 0 Å². The van der Waals surface area contributed by atoms with Crippen molar-refractivity contribution in [3.05, 3.63) is 29.3 Å². The van der Waals surface area contributed by atoms with Crippen LogP contribution in [0.25, 0.3) is 0 Å². The van der Waals surface area contributed by atoms with Crippen LogP contribution in [0.5, 0.6) is 5.75 Å². The lowest BCUT2D eigenvalue weighted by atomic mass is 10.0. The zero-order valence-electron chi connectivity index (χ0n) is 9.82. The predicted molar refractivity (Wildman–Crippen MR) is 61.6 cm³/mol. The Morgan fingerprint density at radius 3 is 2.56 bits per heavy atom. The molecule has 0 aromatic heterocycles. The van der Waals surface area contributed by atoms with Crippen molar-refractivity contribution in [2.45, 2.75) is 31.5 Å². The summed E-state index contributed by atoms with van der Waals surface area (Å²) in [6.45, 7) is 0.579. The Hall–Kier alpha value is -1.06. The number of ether oxygens (including phenoxy) is 2. The molecule has 2 rings (SSSR count). The molecule has 0 radical (unpaired) electrons. The summed E-state index contributed by atoms with van der Waals surface area (Å²) in [7, 11) is 3.33. The lowest BCUT2D eigenvalue weighted by Crippen LogP contribution is -2.12. The molecular weight excluding hydrogens is 204 g/mol. The first-order valence-corrected chi connectivity index (χ1v) is 5.54. The third-order valence-corrected chi connectivity index (χ3v) is 3.06. The van der Waals surface area contributed by atoms with Gasteiger partial charge in [-0.25, -0.2) is 0 Å². The van der Waals surface area contributed by atoms with E-state index in [1.807, 2.05) is 18.2 Å².